The quantitative estimate of drug-likeness (QED) is 0.195. The van der Waals surface area contributed by atoms with Crippen molar-refractivity contribution in [3.8, 4) is 0 Å². The van der Waals surface area contributed by atoms with Crippen LogP contribution in [-0.4, -0.2) is 89.3 Å². The first-order valence-corrected chi connectivity index (χ1v) is 17.9. The maximum absolute atomic E-state index is 14.0. The number of carbonyl (C=O) groups excluding carboxylic acids is 2. The number of hydrogen-bond donors (Lipinski definition) is 1. The molecule has 9 nitrogen and oxygen atoms in total. The molecule has 12 heteroatoms. The molecule has 49 heavy (non-hydrogen) atoms. The van der Waals surface area contributed by atoms with E-state index in [2.05, 4.69) is 30.9 Å². The average molecular weight is 679 g/mol. The van der Waals surface area contributed by atoms with Crippen molar-refractivity contribution in [2.45, 2.75) is 127 Å². The molecule has 4 aliphatic heterocycles. The predicted molar refractivity (Wildman–Crippen MR) is 180 cm³/mol. The summed E-state index contributed by atoms with van der Waals surface area (Å²) in [5.41, 5.74) is -0.914. The minimum Gasteiger partial charge on any atom is -0.447 e. The molecule has 5 atom stereocenters. The Bertz CT molecular complexity index is 1540. The molecule has 7 aliphatic rings. The van der Waals surface area contributed by atoms with Gasteiger partial charge in [0.05, 0.1) is 36.3 Å². The molecule has 4 heterocycles. The highest BCUT2D eigenvalue weighted by atomic mass is 19.3. The lowest BCUT2D eigenvalue weighted by Gasteiger charge is -2.64. The van der Waals surface area contributed by atoms with Gasteiger partial charge in [0.15, 0.2) is 0 Å². The van der Waals surface area contributed by atoms with Gasteiger partial charge in [-0.15, -0.1) is 0 Å². The first-order chi connectivity index (χ1) is 23.1. The molecule has 0 spiro atoms. The van der Waals surface area contributed by atoms with Gasteiger partial charge in [-0.1, -0.05) is 50.3 Å². The van der Waals surface area contributed by atoms with E-state index in [1.54, 1.807) is 23.6 Å². The normalized spacial score (nSPS) is 35.0. The van der Waals surface area contributed by atoms with Crippen LogP contribution in [0.2, 0.25) is 0 Å². The monoisotopic (exact) mass is 678 g/mol. The predicted octanol–water partition coefficient (Wildman–Crippen LogP) is 6.04. The summed E-state index contributed by atoms with van der Waals surface area (Å²) < 4.78 is 47.3. The van der Waals surface area contributed by atoms with E-state index in [9.17, 15) is 18.4 Å². The van der Waals surface area contributed by atoms with Crippen LogP contribution in [0.15, 0.2) is 42.1 Å². The van der Waals surface area contributed by atoms with Crippen molar-refractivity contribution in [1.82, 2.24) is 15.1 Å². The number of rotatable bonds is 9. The van der Waals surface area contributed by atoms with Gasteiger partial charge in [-0.05, 0) is 88.5 Å². The van der Waals surface area contributed by atoms with E-state index in [1.165, 1.54) is 6.08 Å². The summed E-state index contributed by atoms with van der Waals surface area (Å²) in [6, 6.07) is 9.86. The van der Waals surface area contributed by atoms with Crippen molar-refractivity contribution in [1.29, 1.82) is 0 Å². The fourth-order valence-electron chi connectivity index (χ4n) is 10.1. The van der Waals surface area contributed by atoms with Crippen LogP contribution in [0, 0.1) is 23.8 Å². The fraction of sp³-hybridized carbons (Fsp3) is 0.703. The SMILES string of the molecule is [C-]#[N+]C(=CC(C)(C)N1CCC(F)(F)C1)C(=O)N1C2CCC1(COC(=O)N[C@@H](Cc1ccccc1)B1O[C@@H]3C[C@@H]4C[C@@H](C4(C)C)[C@]3(C)O1)CC2. The molecule has 0 unspecified atom stereocenters. The Morgan fingerprint density at radius 1 is 1.16 bits per heavy atom. The number of nitrogens with zero attached hydrogens (tertiary/aromatic N) is 3. The van der Waals surface area contributed by atoms with Crippen LogP contribution >= 0.6 is 0 Å². The Kier molecular flexibility index (Phi) is 8.47. The van der Waals surface area contributed by atoms with Crippen LogP contribution in [0.3, 0.4) is 0 Å². The lowest BCUT2D eigenvalue weighted by Crippen LogP contribution is -2.65. The van der Waals surface area contributed by atoms with Crippen LogP contribution in [0.4, 0.5) is 13.6 Å². The van der Waals surface area contributed by atoms with E-state index in [0.29, 0.717) is 31.1 Å². The second-order valence-electron chi connectivity index (χ2n) is 16.8. The Morgan fingerprint density at radius 3 is 2.51 bits per heavy atom. The lowest BCUT2D eigenvalue weighted by atomic mass is 9.43. The van der Waals surface area contributed by atoms with E-state index >= 15 is 0 Å². The zero-order valence-corrected chi connectivity index (χ0v) is 29.3. The summed E-state index contributed by atoms with van der Waals surface area (Å²) in [7, 11) is -0.637. The average Bonchev–Trinajstić information content (AvgIpc) is 3.81. The van der Waals surface area contributed by atoms with E-state index in [1.807, 2.05) is 30.3 Å². The Balaban J connectivity index is 1.04. The third kappa shape index (κ3) is 5.97. The van der Waals surface area contributed by atoms with Gasteiger partial charge in [0.2, 0.25) is 5.70 Å². The van der Waals surface area contributed by atoms with Crippen molar-refractivity contribution in [3.05, 3.63) is 59.1 Å². The van der Waals surface area contributed by atoms with Gasteiger partial charge in [0.25, 0.3) is 11.8 Å². The minimum atomic E-state index is -2.78. The highest BCUT2D eigenvalue weighted by Gasteiger charge is 2.68. The number of likely N-dealkylation sites (tertiary alicyclic amines) is 1. The molecular weight excluding hydrogens is 629 g/mol. The van der Waals surface area contributed by atoms with Crippen LogP contribution in [0.5, 0.6) is 0 Å². The number of benzene rings is 1. The number of carbonyl (C=O) groups is 2. The summed E-state index contributed by atoms with van der Waals surface area (Å²) in [6.07, 6.45) is 6.03. The van der Waals surface area contributed by atoms with Crippen LogP contribution in [-0.2, 0) is 25.3 Å². The highest BCUT2D eigenvalue weighted by molar-refractivity contribution is 6.47. The number of halogens is 2. The Hall–Kier alpha value is -3.01. The third-order valence-electron chi connectivity index (χ3n) is 13.2. The maximum atomic E-state index is 14.0. The first-order valence-electron chi connectivity index (χ1n) is 17.9. The van der Waals surface area contributed by atoms with Gasteiger partial charge < -0.3 is 24.3 Å². The van der Waals surface area contributed by atoms with Crippen molar-refractivity contribution in [2.75, 3.05) is 19.7 Å². The van der Waals surface area contributed by atoms with E-state index in [0.717, 1.165) is 31.2 Å². The molecular formula is C37H49BF2N4O5. The summed E-state index contributed by atoms with van der Waals surface area (Å²) in [6.45, 7) is 18.0. The fourth-order valence-corrected chi connectivity index (χ4v) is 10.1. The van der Waals surface area contributed by atoms with Gasteiger partial charge in [-0.25, -0.2) is 18.4 Å². The van der Waals surface area contributed by atoms with Crippen molar-refractivity contribution >= 4 is 19.1 Å². The molecule has 0 radical (unpaired) electrons. The second-order valence-corrected chi connectivity index (χ2v) is 16.8. The van der Waals surface area contributed by atoms with Crippen LogP contribution in [0.1, 0.15) is 85.1 Å². The number of hydrogen-bond acceptors (Lipinski definition) is 6. The second kappa shape index (κ2) is 12.1. The summed E-state index contributed by atoms with van der Waals surface area (Å²) >= 11 is 0. The number of amides is 2. The summed E-state index contributed by atoms with van der Waals surface area (Å²) in [5, 5.41) is 3.07. The molecule has 3 aliphatic carbocycles. The number of nitrogens with one attached hydrogen (secondary N) is 1. The molecule has 4 saturated heterocycles. The lowest BCUT2D eigenvalue weighted by molar-refractivity contribution is -0.199. The summed E-state index contributed by atoms with van der Waals surface area (Å²) in [4.78, 5) is 34.5. The molecule has 1 aromatic carbocycles. The van der Waals surface area contributed by atoms with E-state index < -0.39 is 54.2 Å². The molecule has 264 valence electrons. The minimum absolute atomic E-state index is 0.00316. The van der Waals surface area contributed by atoms with Crippen LogP contribution in [0.25, 0.3) is 4.85 Å². The van der Waals surface area contributed by atoms with Gasteiger partial charge in [-0.2, -0.15) is 0 Å². The Morgan fingerprint density at radius 2 is 1.88 bits per heavy atom. The maximum Gasteiger partial charge on any atom is 0.482 e. The van der Waals surface area contributed by atoms with Gasteiger partial charge in [0.1, 0.15) is 6.61 Å². The van der Waals surface area contributed by atoms with Crippen LogP contribution < -0.4 is 5.32 Å². The van der Waals surface area contributed by atoms with E-state index in [4.69, 9.17) is 20.6 Å². The summed E-state index contributed by atoms with van der Waals surface area (Å²) in [5.74, 6) is -2.72. The Labute approximate surface area is 289 Å². The van der Waals surface area contributed by atoms with E-state index in [-0.39, 0.29) is 42.8 Å². The number of alkyl halides is 2. The molecule has 7 fully saturated rings. The molecule has 1 N–H and O–H groups in total. The third-order valence-corrected chi connectivity index (χ3v) is 13.2. The smallest absolute Gasteiger partial charge is 0.447 e. The molecule has 2 amide bonds. The zero-order valence-electron chi connectivity index (χ0n) is 29.3. The van der Waals surface area contributed by atoms with Gasteiger partial charge in [-0.3, -0.25) is 9.69 Å². The molecule has 1 aromatic rings. The molecule has 4 bridgehead atoms. The van der Waals surface area contributed by atoms with Crippen molar-refractivity contribution < 1.29 is 32.4 Å². The largest absolute Gasteiger partial charge is 0.482 e. The standard InChI is InChI=1S/C37H49BF2N4O5/c1-33(2,43-17-16-37(39,40)22-43)21-27(41-6)31(45)44-26-12-14-36(44,15-13-26)23-47-32(46)42-30(18-24-10-8-7-9-11-24)38-48-29-20-25-19-28(34(25,3)4)35(29,5)49-38/h7-11,21,25-26,28-30H,12-20,22-23H2,1-5H3,(H,42,46)/t25-,26?,28-,29+,30-,35-,36?/m0/s1. The number of alkyl carbamates (subject to hydrolysis) is 1. The van der Waals surface area contributed by atoms with Gasteiger partial charge in [0, 0.05) is 24.5 Å². The van der Waals surface area contributed by atoms with Crippen molar-refractivity contribution in [3.63, 3.8) is 0 Å². The number of ether oxygens (including phenoxy) is 1. The van der Waals surface area contributed by atoms with Crippen molar-refractivity contribution in [2.24, 2.45) is 17.3 Å². The first kappa shape index (κ1) is 34.4. The molecule has 0 aromatic heterocycles. The molecule has 8 rings (SSSR count). The van der Waals surface area contributed by atoms with Gasteiger partial charge >= 0.3 is 13.2 Å². The topological polar surface area (TPSA) is 84.7 Å². The zero-order chi connectivity index (χ0) is 35.0. The highest BCUT2D eigenvalue weighted by Crippen LogP contribution is 2.65. The molecule has 3 saturated carbocycles. The number of fused-ring (bicyclic) bond motifs is 2.